The zero-order valence-corrected chi connectivity index (χ0v) is 15.6. The SMILES string of the molecule is CCc1c(-c2cccc(B3CCC(C)C3)c2)[nH]c(=O)c(C(C)=O)c1C. The fourth-order valence-corrected chi connectivity index (χ4v) is 4.33. The molecule has 4 heteroatoms. The highest BCUT2D eigenvalue weighted by molar-refractivity contribution is 6.74. The van der Waals surface area contributed by atoms with Gasteiger partial charge in [-0.25, -0.2) is 0 Å². The van der Waals surface area contributed by atoms with Crippen molar-refractivity contribution in [3.05, 3.63) is 51.3 Å². The Hall–Kier alpha value is -2.10. The quantitative estimate of drug-likeness (QED) is 0.681. The number of benzene rings is 1. The van der Waals surface area contributed by atoms with Crippen LogP contribution in [0.25, 0.3) is 11.3 Å². The number of carbonyl (C=O) groups excluding carboxylic acids is 1. The molecule has 1 saturated heterocycles. The topological polar surface area (TPSA) is 49.9 Å². The van der Waals surface area contributed by atoms with Crippen molar-refractivity contribution in [2.45, 2.75) is 53.2 Å². The number of hydrogen-bond acceptors (Lipinski definition) is 2. The standard InChI is InChI=1S/C21H26BNO2/c1-5-18-14(3)19(15(4)24)21(25)23-20(18)16-7-6-8-17(11-16)22-10-9-13(2)12-22/h6-8,11,13H,5,9-10,12H2,1-4H3,(H,23,25). The van der Waals surface area contributed by atoms with Crippen molar-refractivity contribution in [1.82, 2.24) is 4.98 Å². The molecule has 25 heavy (non-hydrogen) atoms. The lowest BCUT2D eigenvalue weighted by atomic mass is 9.43. The zero-order valence-electron chi connectivity index (χ0n) is 15.6. The summed E-state index contributed by atoms with van der Waals surface area (Å²) in [4.78, 5) is 27.3. The third kappa shape index (κ3) is 3.35. The minimum absolute atomic E-state index is 0.173. The molecule has 130 valence electrons. The van der Waals surface area contributed by atoms with Crippen LogP contribution in [0.4, 0.5) is 0 Å². The molecule has 2 aromatic rings. The van der Waals surface area contributed by atoms with Gasteiger partial charge in [0.15, 0.2) is 12.5 Å². The number of carbonyl (C=O) groups is 1. The summed E-state index contributed by atoms with van der Waals surface area (Å²) in [5.74, 6) is 0.616. The van der Waals surface area contributed by atoms with Gasteiger partial charge in [0.1, 0.15) is 0 Å². The molecule has 0 bridgehead atoms. The third-order valence-corrected chi connectivity index (χ3v) is 5.64. The van der Waals surface area contributed by atoms with Gasteiger partial charge < -0.3 is 4.98 Å². The predicted octanol–water partition coefficient (Wildman–Crippen LogP) is 3.86. The van der Waals surface area contributed by atoms with Crippen molar-refractivity contribution in [2.24, 2.45) is 5.92 Å². The minimum atomic E-state index is -0.280. The van der Waals surface area contributed by atoms with Gasteiger partial charge in [0, 0.05) is 0 Å². The molecule has 0 saturated carbocycles. The van der Waals surface area contributed by atoms with E-state index in [0.29, 0.717) is 12.3 Å². The molecule has 1 N–H and O–H groups in total. The van der Waals surface area contributed by atoms with Crippen LogP contribution in [0.2, 0.25) is 12.6 Å². The highest BCUT2D eigenvalue weighted by atomic mass is 16.1. The van der Waals surface area contributed by atoms with Crippen LogP contribution in [-0.4, -0.2) is 17.5 Å². The molecule has 1 aromatic carbocycles. The van der Waals surface area contributed by atoms with Gasteiger partial charge in [0.05, 0.1) is 11.3 Å². The van der Waals surface area contributed by atoms with Crippen molar-refractivity contribution in [3.8, 4) is 11.3 Å². The molecular weight excluding hydrogens is 309 g/mol. The van der Waals surface area contributed by atoms with Gasteiger partial charge in [0.2, 0.25) is 0 Å². The third-order valence-electron chi connectivity index (χ3n) is 5.64. The molecular formula is C21H26BNO2. The Morgan fingerprint density at radius 3 is 2.72 bits per heavy atom. The summed E-state index contributed by atoms with van der Waals surface area (Å²) in [6.07, 6.45) is 4.55. The van der Waals surface area contributed by atoms with E-state index in [4.69, 9.17) is 0 Å². The van der Waals surface area contributed by atoms with E-state index in [1.54, 1.807) is 0 Å². The molecule has 1 atom stereocenters. The number of aromatic nitrogens is 1. The first-order chi connectivity index (χ1) is 11.9. The smallest absolute Gasteiger partial charge is 0.259 e. The second kappa shape index (κ2) is 7.03. The molecule has 0 spiro atoms. The summed E-state index contributed by atoms with van der Waals surface area (Å²) in [6.45, 7) is 8.34. The maximum Gasteiger partial charge on any atom is 0.259 e. The van der Waals surface area contributed by atoms with E-state index in [9.17, 15) is 9.59 Å². The number of Topliss-reactive ketones (excluding diaryl/α,β-unsaturated/α-hetero) is 1. The Balaban J connectivity index is 2.11. The van der Waals surface area contributed by atoms with E-state index in [1.165, 1.54) is 31.4 Å². The molecule has 2 heterocycles. The van der Waals surface area contributed by atoms with Crippen molar-refractivity contribution >= 4 is 18.0 Å². The van der Waals surface area contributed by atoms with Crippen LogP contribution >= 0.6 is 0 Å². The van der Waals surface area contributed by atoms with Gasteiger partial charge in [0.25, 0.3) is 5.56 Å². The lowest BCUT2D eigenvalue weighted by Crippen LogP contribution is -2.27. The molecule has 1 unspecified atom stereocenters. The Morgan fingerprint density at radius 1 is 1.36 bits per heavy atom. The minimum Gasteiger partial charge on any atom is -0.321 e. The Morgan fingerprint density at radius 2 is 2.12 bits per heavy atom. The molecule has 1 aliphatic rings. The van der Waals surface area contributed by atoms with Crippen LogP contribution < -0.4 is 11.0 Å². The number of rotatable bonds is 4. The first-order valence-corrected chi connectivity index (χ1v) is 9.29. The highest BCUT2D eigenvalue weighted by Crippen LogP contribution is 2.28. The molecule has 3 nitrogen and oxygen atoms in total. The first-order valence-electron chi connectivity index (χ1n) is 9.29. The second-order valence-corrected chi connectivity index (χ2v) is 7.46. The molecule has 0 aliphatic carbocycles. The summed E-state index contributed by atoms with van der Waals surface area (Å²) in [5.41, 5.74) is 5.15. The summed E-state index contributed by atoms with van der Waals surface area (Å²) in [6, 6.07) is 8.56. The number of pyridine rings is 1. The number of H-pyrrole nitrogens is 1. The molecule has 1 aliphatic heterocycles. The van der Waals surface area contributed by atoms with E-state index in [2.05, 4.69) is 43.1 Å². The van der Waals surface area contributed by atoms with Crippen LogP contribution in [0.1, 0.15) is 48.7 Å². The van der Waals surface area contributed by atoms with Crippen LogP contribution in [0.5, 0.6) is 0 Å². The maximum absolute atomic E-state index is 12.5. The average Bonchev–Trinajstić information content (AvgIpc) is 3.01. The monoisotopic (exact) mass is 335 g/mol. The van der Waals surface area contributed by atoms with E-state index in [0.717, 1.165) is 34.7 Å². The maximum atomic E-state index is 12.5. The van der Waals surface area contributed by atoms with E-state index in [1.807, 2.05) is 6.92 Å². The van der Waals surface area contributed by atoms with Crippen molar-refractivity contribution < 1.29 is 4.79 Å². The molecule has 0 radical (unpaired) electrons. The van der Waals surface area contributed by atoms with Gasteiger partial charge in [-0.3, -0.25) is 9.59 Å². The van der Waals surface area contributed by atoms with Gasteiger partial charge in [-0.2, -0.15) is 0 Å². The second-order valence-electron chi connectivity index (χ2n) is 7.46. The summed E-state index contributed by atoms with van der Waals surface area (Å²) < 4.78 is 0. The number of aromatic amines is 1. The number of hydrogen-bond donors (Lipinski definition) is 1. The van der Waals surface area contributed by atoms with Crippen LogP contribution in [0.15, 0.2) is 29.1 Å². The first kappa shape index (κ1) is 17.7. The van der Waals surface area contributed by atoms with Crippen LogP contribution in [0, 0.1) is 12.8 Å². The van der Waals surface area contributed by atoms with Gasteiger partial charge >= 0.3 is 0 Å². The van der Waals surface area contributed by atoms with Gasteiger partial charge in [-0.15, -0.1) is 0 Å². The Labute approximate surface area is 149 Å². The van der Waals surface area contributed by atoms with Crippen LogP contribution in [0.3, 0.4) is 0 Å². The van der Waals surface area contributed by atoms with Crippen molar-refractivity contribution in [2.75, 3.05) is 0 Å². The Bertz CT molecular complexity index is 869. The highest BCUT2D eigenvalue weighted by Gasteiger charge is 2.26. The lowest BCUT2D eigenvalue weighted by Gasteiger charge is -2.15. The number of ketones is 1. The normalized spacial score (nSPS) is 17.1. The van der Waals surface area contributed by atoms with Crippen LogP contribution in [-0.2, 0) is 6.42 Å². The van der Waals surface area contributed by atoms with E-state index < -0.39 is 0 Å². The van der Waals surface area contributed by atoms with Crippen molar-refractivity contribution in [1.29, 1.82) is 0 Å². The molecule has 3 rings (SSSR count). The van der Waals surface area contributed by atoms with E-state index in [-0.39, 0.29) is 11.3 Å². The molecule has 0 amide bonds. The Kier molecular flexibility index (Phi) is 4.98. The lowest BCUT2D eigenvalue weighted by molar-refractivity contribution is 0.101. The summed E-state index contributed by atoms with van der Waals surface area (Å²) in [7, 11) is 0. The molecule has 1 fully saturated rings. The van der Waals surface area contributed by atoms with Gasteiger partial charge in [-0.1, -0.05) is 68.6 Å². The fraction of sp³-hybridized carbons (Fsp3) is 0.429. The predicted molar refractivity (Wildman–Crippen MR) is 105 cm³/mol. The van der Waals surface area contributed by atoms with E-state index >= 15 is 0 Å². The largest absolute Gasteiger partial charge is 0.321 e. The summed E-state index contributed by atoms with van der Waals surface area (Å²) in [5, 5.41) is 0. The summed E-state index contributed by atoms with van der Waals surface area (Å²) >= 11 is 0. The average molecular weight is 335 g/mol. The molecule has 1 aromatic heterocycles. The van der Waals surface area contributed by atoms with Crippen molar-refractivity contribution in [3.63, 3.8) is 0 Å². The number of nitrogens with one attached hydrogen (secondary N) is 1. The fourth-order valence-electron chi connectivity index (χ4n) is 4.33. The zero-order chi connectivity index (χ0) is 18.1. The van der Waals surface area contributed by atoms with Gasteiger partial charge in [-0.05, 0) is 37.0 Å².